The molecule has 1 saturated heterocycles. The second-order valence-corrected chi connectivity index (χ2v) is 9.07. The fourth-order valence-electron chi connectivity index (χ4n) is 4.88. The lowest BCUT2D eigenvalue weighted by Gasteiger charge is -2.45. The van der Waals surface area contributed by atoms with E-state index in [0.717, 1.165) is 17.8 Å². The molecule has 1 atom stereocenters. The molecule has 1 N–H and O–H groups in total. The van der Waals surface area contributed by atoms with Crippen molar-refractivity contribution in [3.63, 3.8) is 0 Å². The van der Waals surface area contributed by atoms with E-state index in [0.29, 0.717) is 26.2 Å². The summed E-state index contributed by atoms with van der Waals surface area (Å²) in [6, 6.07) is 13.8. The van der Waals surface area contributed by atoms with Crippen LogP contribution in [0.15, 0.2) is 71.7 Å². The Labute approximate surface area is 215 Å². The van der Waals surface area contributed by atoms with Crippen molar-refractivity contribution in [3.05, 3.63) is 89.5 Å². The number of nitrogens with zero attached hydrogens (tertiary/aromatic N) is 4. The lowest BCUT2D eigenvalue weighted by molar-refractivity contribution is -0.138. The van der Waals surface area contributed by atoms with E-state index in [-0.39, 0.29) is 28.7 Å². The third-order valence-electron chi connectivity index (χ3n) is 6.69. The number of piperazine rings is 1. The Kier molecular flexibility index (Phi) is 6.68. The lowest BCUT2D eigenvalue weighted by Crippen LogP contribution is -2.55. The van der Waals surface area contributed by atoms with Gasteiger partial charge in [-0.15, -0.1) is 0 Å². The molecule has 0 amide bonds. The van der Waals surface area contributed by atoms with Gasteiger partial charge in [0, 0.05) is 43.1 Å². The fraction of sp³-hybridized carbons (Fsp3) is 0.259. The number of aliphatic imine (C=N–C) groups is 1. The lowest BCUT2D eigenvalue weighted by atomic mass is 9.97. The monoisotopic (exact) mass is 530 g/mol. The molecule has 2 aliphatic heterocycles. The van der Waals surface area contributed by atoms with Gasteiger partial charge in [-0.2, -0.15) is 13.2 Å². The van der Waals surface area contributed by atoms with Crippen molar-refractivity contribution < 1.29 is 31.9 Å². The molecule has 1 fully saturated rings. The van der Waals surface area contributed by atoms with Crippen molar-refractivity contribution in [2.24, 2.45) is 4.99 Å². The molecule has 1 unspecified atom stereocenters. The maximum Gasteiger partial charge on any atom is 0.416 e. The van der Waals surface area contributed by atoms with Gasteiger partial charge in [0.05, 0.1) is 18.0 Å². The van der Waals surface area contributed by atoms with Crippen LogP contribution in [0.3, 0.4) is 0 Å². The zero-order chi connectivity index (χ0) is 27.0. The van der Waals surface area contributed by atoms with Crippen molar-refractivity contribution in [1.82, 2.24) is 4.90 Å². The van der Waals surface area contributed by atoms with Gasteiger partial charge in [0.15, 0.2) is 0 Å². The number of para-hydroxylation sites is 1. The molecule has 2 aliphatic rings. The highest BCUT2D eigenvalue weighted by molar-refractivity contribution is 6.01. The highest BCUT2D eigenvalue weighted by atomic mass is 19.4. The number of carboxylic acids is 1. The van der Waals surface area contributed by atoms with E-state index >= 15 is 0 Å². The van der Waals surface area contributed by atoms with E-state index in [2.05, 4.69) is 4.99 Å². The van der Waals surface area contributed by atoms with Crippen LogP contribution in [0.4, 0.5) is 39.0 Å². The van der Waals surface area contributed by atoms with Crippen LogP contribution in [0.25, 0.3) is 0 Å². The highest BCUT2D eigenvalue weighted by Gasteiger charge is 2.39. The second-order valence-electron chi connectivity index (χ2n) is 9.07. The summed E-state index contributed by atoms with van der Waals surface area (Å²) in [6.07, 6.45) is -5.10. The van der Waals surface area contributed by atoms with Crippen molar-refractivity contribution in [2.75, 3.05) is 36.0 Å². The number of hydrogen-bond acceptors (Lipinski definition) is 5. The minimum atomic E-state index is -4.61. The van der Waals surface area contributed by atoms with Gasteiger partial charge in [-0.25, -0.2) is 13.8 Å². The first kappa shape index (κ1) is 25.5. The molecule has 0 spiro atoms. The molecule has 11 heteroatoms. The maximum atomic E-state index is 14.9. The first-order valence-corrected chi connectivity index (χ1v) is 11.9. The number of alkyl halides is 3. The van der Waals surface area contributed by atoms with Crippen LogP contribution in [0.5, 0.6) is 0 Å². The number of guanidine groups is 1. The van der Waals surface area contributed by atoms with Crippen LogP contribution >= 0.6 is 0 Å². The summed E-state index contributed by atoms with van der Waals surface area (Å²) in [7, 11) is 0. The van der Waals surface area contributed by atoms with E-state index < -0.39 is 36.0 Å². The SMILES string of the molecule is O=C(O)CC1c2cccc(F)c2N=C(N2CCN(c3ccc(F)cc3)CC2)N1c1cccc(C(F)(F)F)c1. The first-order chi connectivity index (χ1) is 18.1. The van der Waals surface area contributed by atoms with Crippen molar-refractivity contribution in [3.8, 4) is 0 Å². The number of anilines is 2. The Balaban J connectivity index is 1.56. The van der Waals surface area contributed by atoms with Gasteiger partial charge in [0.25, 0.3) is 0 Å². The van der Waals surface area contributed by atoms with Crippen LogP contribution in [-0.2, 0) is 11.0 Å². The minimum absolute atomic E-state index is 0.0297. The predicted molar refractivity (Wildman–Crippen MR) is 133 cm³/mol. The summed E-state index contributed by atoms with van der Waals surface area (Å²) >= 11 is 0. The van der Waals surface area contributed by atoms with Crippen molar-refractivity contribution >= 4 is 29.0 Å². The number of benzene rings is 3. The Morgan fingerprint density at radius 2 is 1.55 bits per heavy atom. The summed E-state index contributed by atoms with van der Waals surface area (Å²) in [5.41, 5.74) is 0.262. The van der Waals surface area contributed by atoms with Gasteiger partial charge >= 0.3 is 12.1 Å². The zero-order valence-electron chi connectivity index (χ0n) is 20.0. The summed E-state index contributed by atoms with van der Waals surface area (Å²) in [5.74, 6) is -2.02. The largest absolute Gasteiger partial charge is 0.481 e. The predicted octanol–water partition coefficient (Wildman–Crippen LogP) is 5.83. The number of fused-ring (bicyclic) bond motifs is 1. The Morgan fingerprint density at radius 3 is 2.21 bits per heavy atom. The van der Waals surface area contributed by atoms with Crippen LogP contribution in [-0.4, -0.2) is 48.1 Å². The van der Waals surface area contributed by atoms with Gasteiger partial charge in [0.2, 0.25) is 5.96 Å². The normalized spacial score (nSPS) is 17.8. The molecule has 5 rings (SSSR count). The Hall–Kier alpha value is -4.15. The molecule has 3 aromatic rings. The molecular weight excluding hydrogens is 507 g/mol. The molecule has 6 nitrogen and oxygen atoms in total. The van der Waals surface area contributed by atoms with E-state index in [1.54, 1.807) is 18.2 Å². The van der Waals surface area contributed by atoms with Crippen LogP contribution in [0.2, 0.25) is 0 Å². The third-order valence-corrected chi connectivity index (χ3v) is 6.69. The molecular formula is C27H23F5N4O2. The van der Waals surface area contributed by atoms with E-state index in [9.17, 15) is 31.9 Å². The average molecular weight is 530 g/mol. The maximum absolute atomic E-state index is 14.9. The van der Waals surface area contributed by atoms with Crippen molar-refractivity contribution in [1.29, 1.82) is 0 Å². The Morgan fingerprint density at radius 1 is 0.895 bits per heavy atom. The van der Waals surface area contributed by atoms with Crippen LogP contribution in [0, 0.1) is 11.6 Å². The smallest absolute Gasteiger partial charge is 0.416 e. The summed E-state index contributed by atoms with van der Waals surface area (Å²) in [6.45, 7) is 1.70. The molecule has 3 aromatic carbocycles. The van der Waals surface area contributed by atoms with Crippen LogP contribution < -0.4 is 9.80 Å². The molecule has 0 aromatic heterocycles. The number of rotatable bonds is 4. The molecule has 2 heterocycles. The van der Waals surface area contributed by atoms with Crippen molar-refractivity contribution in [2.45, 2.75) is 18.6 Å². The van der Waals surface area contributed by atoms with Gasteiger partial charge in [-0.1, -0.05) is 18.2 Å². The Bertz CT molecular complexity index is 1370. The molecule has 0 bridgehead atoms. The zero-order valence-corrected chi connectivity index (χ0v) is 20.0. The van der Waals surface area contributed by atoms with E-state index in [1.165, 1.54) is 41.3 Å². The number of hydrogen-bond donors (Lipinski definition) is 1. The third kappa shape index (κ3) is 5.00. The number of carbonyl (C=O) groups is 1. The fourth-order valence-corrected chi connectivity index (χ4v) is 4.88. The molecule has 0 radical (unpaired) electrons. The summed E-state index contributed by atoms with van der Waals surface area (Å²) < 4.78 is 69.0. The quantitative estimate of drug-likeness (QED) is 0.431. The molecule has 38 heavy (non-hydrogen) atoms. The first-order valence-electron chi connectivity index (χ1n) is 11.9. The van der Waals surface area contributed by atoms with Gasteiger partial charge in [-0.05, 0) is 48.5 Å². The second kappa shape index (κ2) is 9.96. The number of carboxylic acid groups (broad SMARTS) is 1. The highest BCUT2D eigenvalue weighted by Crippen LogP contribution is 2.43. The topological polar surface area (TPSA) is 59.4 Å². The van der Waals surface area contributed by atoms with E-state index in [4.69, 9.17) is 0 Å². The minimum Gasteiger partial charge on any atom is -0.481 e. The summed E-state index contributed by atoms with van der Waals surface area (Å²) in [4.78, 5) is 21.7. The van der Waals surface area contributed by atoms with Gasteiger partial charge in [0.1, 0.15) is 17.3 Å². The molecule has 0 aliphatic carbocycles. The van der Waals surface area contributed by atoms with Gasteiger partial charge in [-0.3, -0.25) is 4.79 Å². The average Bonchev–Trinajstić information content (AvgIpc) is 2.89. The number of aliphatic carboxylic acids is 1. The van der Waals surface area contributed by atoms with E-state index in [1.807, 2.05) is 9.80 Å². The van der Waals surface area contributed by atoms with Gasteiger partial charge < -0.3 is 19.8 Å². The summed E-state index contributed by atoms with van der Waals surface area (Å²) in [5, 5.41) is 9.70. The molecule has 0 saturated carbocycles. The standard InChI is InChI=1S/C27H23F5N4O2/c28-18-7-9-19(10-8-18)34-11-13-35(14-12-34)26-33-25-21(5-2-6-22(25)29)23(16-24(37)38)36(26)20-4-1-3-17(15-20)27(30,31)32/h1-10,15,23H,11-14,16H2,(H,37,38). The number of halogens is 5. The molecule has 198 valence electrons. The van der Waals surface area contributed by atoms with Crippen LogP contribution in [0.1, 0.15) is 23.6 Å².